The molecule has 0 unspecified atom stereocenters. The highest BCUT2D eigenvalue weighted by Crippen LogP contribution is 2.28. The van der Waals surface area contributed by atoms with Crippen LogP contribution in [-0.2, 0) is 14.8 Å². The number of ether oxygens (including phenoxy) is 1. The van der Waals surface area contributed by atoms with E-state index < -0.39 is 10.0 Å². The number of methoxy groups -OCH3 is 1. The van der Waals surface area contributed by atoms with E-state index in [1.807, 2.05) is 24.3 Å². The molecule has 8 heteroatoms. The summed E-state index contributed by atoms with van der Waals surface area (Å²) in [5.41, 5.74) is 1.01. The Morgan fingerprint density at radius 1 is 1.22 bits per heavy atom. The third-order valence-electron chi connectivity index (χ3n) is 3.88. The lowest BCUT2D eigenvalue weighted by molar-refractivity contribution is -0.130. The average Bonchev–Trinajstić information content (AvgIpc) is 2.60. The summed E-state index contributed by atoms with van der Waals surface area (Å²) >= 11 is 0. The van der Waals surface area contributed by atoms with Crippen LogP contribution in [0.4, 0.5) is 5.69 Å². The van der Waals surface area contributed by atoms with Gasteiger partial charge in [-0.1, -0.05) is 12.1 Å². The van der Waals surface area contributed by atoms with Gasteiger partial charge in [0.1, 0.15) is 5.75 Å². The van der Waals surface area contributed by atoms with Crippen LogP contribution in [0.1, 0.15) is 6.92 Å². The van der Waals surface area contributed by atoms with Crippen LogP contribution in [0.5, 0.6) is 5.75 Å². The smallest absolute Gasteiger partial charge is 0.237 e. The van der Waals surface area contributed by atoms with Gasteiger partial charge in [-0.2, -0.15) is 0 Å². The Morgan fingerprint density at radius 2 is 1.87 bits per heavy atom. The number of rotatable bonds is 6. The van der Waals surface area contributed by atoms with Gasteiger partial charge >= 0.3 is 0 Å². The van der Waals surface area contributed by atoms with Crippen LogP contribution >= 0.6 is 0 Å². The molecule has 1 N–H and O–H groups in total. The number of amides is 1. The van der Waals surface area contributed by atoms with Gasteiger partial charge < -0.3 is 14.5 Å². The van der Waals surface area contributed by atoms with Gasteiger partial charge in [-0.25, -0.2) is 13.1 Å². The Kier molecular flexibility index (Phi) is 5.84. The van der Waals surface area contributed by atoms with Crippen molar-refractivity contribution in [1.29, 1.82) is 0 Å². The van der Waals surface area contributed by atoms with Gasteiger partial charge in [0.15, 0.2) is 0 Å². The maximum absolute atomic E-state index is 12.1. The van der Waals surface area contributed by atoms with E-state index in [4.69, 9.17) is 4.74 Å². The number of nitrogens with one attached hydrogen (secondary N) is 1. The summed E-state index contributed by atoms with van der Waals surface area (Å²) in [4.78, 5) is 15.9. The first kappa shape index (κ1) is 17.6. The zero-order valence-corrected chi connectivity index (χ0v) is 14.3. The van der Waals surface area contributed by atoms with Gasteiger partial charge in [-0.15, -0.1) is 0 Å². The second kappa shape index (κ2) is 7.65. The summed E-state index contributed by atoms with van der Waals surface area (Å²) in [6.45, 7) is 3.86. The van der Waals surface area contributed by atoms with Crippen LogP contribution in [0.2, 0.25) is 0 Å². The molecule has 0 bridgehead atoms. The molecule has 1 aromatic rings. The Bertz CT molecular complexity index is 640. The lowest BCUT2D eigenvalue weighted by Crippen LogP contribution is -2.51. The molecule has 1 saturated heterocycles. The summed E-state index contributed by atoms with van der Waals surface area (Å²) < 4.78 is 30.5. The number of para-hydroxylation sites is 2. The van der Waals surface area contributed by atoms with Crippen LogP contribution in [0.25, 0.3) is 0 Å². The highest BCUT2D eigenvalue weighted by Gasteiger charge is 2.23. The molecule has 0 saturated carbocycles. The van der Waals surface area contributed by atoms with Crippen molar-refractivity contribution in [3.8, 4) is 5.75 Å². The molecular weight excluding hydrogens is 318 g/mol. The predicted octanol–water partition coefficient (Wildman–Crippen LogP) is 0.283. The minimum Gasteiger partial charge on any atom is -0.495 e. The molecule has 0 atom stereocenters. The fourth-order valence-electron chi connectivity index (χ4n) is 2.47. The largest absolute Gasteiger partial charge is 0.495 e. The van der Waals surface area contributed by atoms with E-state index in [9.17, 15) is 13.2 Å². The van der Waals surface area contributed by atoms with Crippen LogP contribution in [0, 0.1) is 0 Å². The van der Waals surface area contributed by atoms with E-state index in [2.05, 4.69) is 9.62 Å². The quantitative estimate of drug-likeness (QED) is 0.804. The Morgan fingerprint density at radius 3 is 2.48 bits per heavy atom. The first-order chi connectivity index (χ1) is 11.0. The van der Waals surface area contributed by atoms with Crippen molar-refractivity contribution in [3.05, 3.63) is 24.3 Å². The minimum atomic E-state index is -3.34. The summed E-state index contributed by atoms with van der Waals surface area (Å²) in [6, 6.07) is 7.77. The summed E-state index contributed by atoms with van der Waals surface area (Å²) in [6.07, 6.45) is 0. The molecule has 7 nitrogen and oxygen atoms in total. The molecule has 0 spiro atoms. The maximum atomic E-state index is 12.1. The van der Waals surface area contributed by atoms with Crippen molar-refractivity contribution in [2.24, 2.45) is 0 Å². The lowest BCUT2D eigenvalue weighted by atomic mass is 10.2. The van der Waals surface area contributed by atoms with Crippen LogP contribution in [0.15, 0.2) is 24.3 Å². The first-order valence-electron chi connectivity index (χ1n) is 7.60. The third kappa shape index (κ3) is 4.59. The van der Waals surface area contributed by atoms with Crippen molar-refractivity contribution in [3.63, 3.8) is 0 Å². The molecule has 1 amide bonds. The number of hydrogen-bond acceptors (Lipinski definition) is 5. The SMILES string of the molecule is CCS(=O)(=O)NCC(=O)N1CCN(c2ccccc2OC)CC1. The van der Waals surface area contributed by atoms with E-state index in [0.717, 1.165) is 11.4 Å². The maximum Gasteiger partial charge on any atom is 0.237 e. The first-order valence-corrected chi connectivity index (χ1v) is 9.25. The second-order valence-electron chi connectivity index (χ2n) is 5.26. The predicted molar refractivity (Wildman–Crippen MR) is 89.3 cm³/mol. The lowest BCUT2D eigenvalue weighted by Gasteiger charge is -2.36. The Hall–Kier alpha value is -1.80. The molecule has 1 aromatic carbocycles. The minimum absolute atomic E-state index is 0.0259. The monoisotopic (exact) mass is 341 g/mol. The van der Waals surface area contributed by atoms with Gasteiger partial charge in [-0.05, 0) is 19.1 Å². The van der Waals surface area contributed by atoms with E-state index in [1.165, 1.54) is 0 Å². The summed E-state index contributed by atoms with van der Waals surface area (Å²) in [7, 11) is -1.70. The van der Waals surface area contributed by atoms with Gasteiger partial charge in [0.05, 0.1) is 25.1 Å². The molecule has 1 aliphatic heterocycles. The Labute approximate surface area is 137 Å². The standard InChI is InChI=1S/C15H23N3O4S/c1-3-23(20,21)16-12-15(19)18-10-8-17(9-11-18)13-6-4-5-7-14(13)22-2/h4-7,16H,3,8-12H2,1-2H3. The molecular formula is C15H23N3O4S. The van der Waals surface area contributed by atoms with Crippen LogP contribution in [0.3, 0.4) is 0 Å². The number of carbonyl (C=O) groups is 1. The summed E-state index contributed by atoms with van der Waals surface area (Å²) in [5.74, 6) is 0.590. The fourth-order valence-corrected chi connectivity index (χ4v) is 3.02. The highest BCUT2D eigenvalue weighted by molar-refractivity contribution is 7.89. The number of piperazine rings is 1. The van der Waals surface area contributed by atoms with Crippen molar-refractivity contribution in [2.75, 3.05) is 50.5 Å². The topological polar surface area (TPSA) is 79.0 Å². The molecule has 0 aliphatic carbocycles. The molecule has 128 valence electrons. The molecule has 23 heavy (non-hydrogen) atoms. The van der Waals surface area contributed by atoms with Crippen molar-refractivity contribution in [1.82, 2.24) is 9.62 Å². The number of nitrogens with zero attached hydrogens (tertiary/aromatic N) is 2. The van der Waals surface area contributed by atoms with Crippen molar-refractivity contribution < 1.29 is 17.9 Å². The second-order valence-corrected chi connectivity index (χ2v) is 7.36. The van der Waals surface area contributed by atoms with Crippen molar-refractivity contribution in [2.45, 2.75) is 6.92 Å². The number of carbonyl (C=O) groups excluding carboxylic acids is 1. The number of anilines is 1. The third-order valence-corrected chi connectivity index (χ3v) is 5.23. The summed E-state index contributed by atoms with van der Waals surface area (Å²) in [5, 5.41) is 0. The number of benzene rings is 1. The number of sulfonamides is 1. The van der Waals surface area contributed by atoms with Crippen LogP contribution in [-0.4, -0.2) is 64.8 Å². The Balaban J connectivity index is 1.90. The van der Waals surface area contributed by atoms with Crippen molar-refractivity contribution >= 4 is 21.6 Å². The highest BCUT2D eigenvalue weighted by atomic mass is 32.2. The van der Waals surface area contributed by atoms with E-state index in [1.54, 1.807) is 18.9 Å². The molecule has 1 fully saturated rings. The zero-order valence-electron chi connectivity index (χ0n) is 13.5. The zero-order chi connectivity index (χ0) is 16.9. The normalized spacial score (nSPS) is 15.6. The van der Waals surface area contributed by atoms with E-state index in [0.29, 0.717) is 26.2 Å². The molecule has 1 aliphatic rings. The van der Waals surface area contributed by atoms with Crippen LogP contribution < -0.4 is 14.4 Å². The molecule has 0 radical (unpaired) electrons. The van der Waals surface area contributed by atoms with E-state index >= 15 is 0 Å². The molecule has 1 heterocycles. The fraction of sp³-hybridized carbons (Fsp3) is 0.533. The van der Waals surface area contributed by atoms with Gasteiger partial charge in [-0.3, -0.25) is 4.79 Å². The molecule has 2 rings (SSSR count). The van der Waals surface area contributed by atoms with E-state index in [-0.39, 0.29) is 18.2 Å². The average molecular weight is 341 g/mol. The molecule has 0 aromatic heterocycles. The van der Waals surface area contributed by atoms with Gasteiger partial charge in [0.2, 0.25) is 15.9 Å². The van der Waals surface area contributed by atoms with Gasteiger partial charge in [0, 0.05) is 26.2 Å². The van der Waals surface area contributed by atoms with Gasteiger partial charge in [0.25, 0.3) is 0 Å². The number of hydrogen-bond donors (Lipinski definition) is 1.